The van der Waals surface area contributed by atoms with Crippen LogP contribution in [0.1, 0.15) is 56.4 Å². The van der Waals surface area contributed by atoms with Crippen LogP contribution >= 0.6 is 0 Å². The molecule has 0 radical (unpaired) electrons. The number of Topliss-reactive ketones (excluding diaryl/α,β-unsaturated/α-hetero) is 1. The van der Waals surface area contributed by atoms with Crippen LogP contribution < -0.4 is 5.32 Å². The molecule has 0 aliphatic carbocycles. The number of carbonyl (C=O) groups excluding carboxylic acids is 1. The van der Waals surface area contributed by atoms with Gasteiger partial charge in [-0.1, -0.05) is 59.7 Å². The molecule has 0 atom stereocenters. The van der Waals surface area contributed by atoms with Crippen molar-refractivity contribution in [2.45, 2.75) is 59.1 Å². The molecule has 0 saturated heterocycles. The van der Waals surface area contributed by atoms with Crippen molar-refractivity contribution in [3.8, 4) is 0 Å². The Morgan fingerprint density at radius 1 is 0.926 bits per heavy atom. The van der Waals surface area contributed by atoms with Crippen molar-refractivity contribution in [3.05, 3.63) is 82.2 Å². The maximum Gasteiger partial charge on any atom is 0.195 e. The molecule has 1 aliphatic rings. The first-order chi connectivity index (χ1) is 12.6. The summed E-state index contributed by atoms with van der Waals surface area (Å²) >= 11 is 0. The van der Waals surface area contributed by atoms with Crippen LogP contribution in [0, 0.1) is 13.8 Å². The highest BCUT2D eigenvalue weighted by Crippen LogP contribution is 2.46. The number of nitrogens with one attached hydrogen (secondary N) is 1. The fourth-order valence-corrected chi connectivity index (χ4v) is 3.46. The van der Waals surface area contributed by atoms with E-state index in [9.17, 15) is 4.79 Å². The van der Waals surface area contributed by atoms with Gasteiger partial charge in [0, 0.05) is 23.1 Å². The molecule has 0 aromatic heterocycles. The molecule has 3 heteroatoms. The Hall–Kier alpha value is -2.55. The second kappa shape index (κ2) is 6.88. The molecule has 0 fully saturated rings. The van der Waals surface area contributed by atoms with Crippen LogP contribution in [0.25, 0.3) is 0 Å². The number of ether oxygens (including phenoxy) is 1. The van der Waals surface area contributed by atoms with Crippen LogP contribution in [0.2, 0.25) is 0 Å². The third-order valence-corrected chi connectivity index (χ3v) is 4.93. The smallest absolute Gasteiger partial charge is 0.195 e. The van der Waals surface area contributed by atoms with Crippen LogP contribution in [-0.4, -0.2) is 11.3 Å². The molecule has 0 saturated carbocycles. The number of ketones is 1. The third kappa shape index (κ3) is 3.92. The number of hydrogen-bond donors (Lipinski definition) is 1. The van der Waals surface area contributed by atoms with Gasteiger partial charge >= 0.3 is 0 Å². The molecular weight excluding hydrogens is 334 g/mol. The Bertz CT molecular complexity index is 823. The second-order valence-electron chi connectivity index (χ2n) is 8.58. The summed E-state index contributed by atoms with van der Waals surface area (Å²) < 4.78 is 6.60. The Balaban J connectivity index is 2.14. The van der Waals surface area contributed by atoms with Crippen molar-refractivity contribution < 1.29 is 9.53 Å². The Labute approximate surface area is 162 Å². The number of rotatable bonds is 4. The minimum atomic E-state index is -0.698. The Morgan fingerprint density at radius 2 is 1.37 bits per heavy atom. The van der Waals surface area contributed by atoms with Crippen molar-refractivity contribution in [1.82, 2.24) is 5.32 Å². The average molecular weight is 364 g/mol. The predicted molar refractivity (Wildman–Crippen MR) is 109 cm³/mol. The van der Waals surface area contributed by atoms with Crippen molar-refractivity contribution in [1.29, 1.82) is 0 Å². The first kappa shape index (κ1) is 19.2. The number of hydrogen-bond acceptors (Lipinski definition) is 3. The Morgan fingerprint density at radius 3 is 1.74 bits per heavy atom. The zero-order valence-electron chi connectivity index (χ0n) is 17.1. The van der Waals surface area contributed by atoms with Crippen LogP contribution in [0.3, 0.4) is 0 Å². The van der Waals surface area contributed by atoms with Crippen LogP contribution in [0.5, 0.6) is 0 Å². The minimum Gasteiger partial charge on any atom is -0.462 e. The molecule has 0 unspecified atom stereocenters. The molecule has 1 N–H and O–H groups in total. The lowest BCUT2D eigenvalue weighted by atomic mass is 9.81. The first-order valence-electron chi connectivity index (χ1n) is 9.46. The number of aryl methyl sites for hydroxylation is 2. The van der Waals surface area contributed by atoms with E-state index in [1.54, 1.807) is 6.92 Å². The van der Waals surface area contributed by atoms with E-state index >= 15 is 0 Å². The predicted octanol–water partition coefficient (Wildman–Crippen LogP) is 5.16. The molecule has 0 amide bonds. The summed E-state index contributed by atoms with van der Waals surface area (Å²) in [5.74, 6) is 0.638. The maximum atomic E-state index is 12.4. The second-order valence-corrected chi connectivity index (χ2v) is 8.58. The van der Waals surface area contributed by atoms with E-state index in [0.29, 0.717) is 17.9 Å². The van der Waals surface area contributed by atoms with E-state index in [0.717, 1.165) is 11.1 Å². The fraction of sp³-hybridized carbons (Fsp3) is 0.375. The van der Waals surface area contributed by atoms with Gasteiger partial charge in [0.25, 0.3) is 0 Å². The largest absolute Gasteiger partial charge is 0.462 e. The van der Waals surface area contributed by atoms with Gasteiger partial charge in [0.1, 0.15) is 0 Å². The molecule has 1 aliphatic heterocycles. The van der Waals surface area contributed by atoms with Crippen molar-refractivity contribution in [2.75, 3.05) is 0 Å². The van der Waals surface area contributed by atoms with Gasteiger partial charge in [-0.15, -0.1) is 0 Å². The maximum absolute atomic E-state index is 12.4. The summed E-state index contributed by atoms with van der Waals surface area (Å²) in [7, 11) is 0. The molecular formula is C24H29NO2. The molecule has 2 aromatic rings. The van der Waals surface area contributed by atoms with Gasteiger partial charge < -0.3 is 10.1 Å². The van der Waals surface area contributed by atoms with Gasteiger partial charge in [-0.2, -0.15) is 0 Å². The monoisotopic (exact) mass is 363 g/mol. The van der Waals surface area contributed by atoms with Crippen LogP contribution in [0.15, 0.2) is 60.0 Å². The lowest BCUT2D eigenvalue weighted by Gasteiger charge is -2.33. The van der Waals surface area contributed by atoms with Crippen molar-refractivity contribution in [2.24, 2.45) is 0 Å². The highest BCUT2D eigenvalue weighted by atomic mass is 16.5. The Kier molecular flexibility index (Phi) is 4.90. The third-order valence-electron chi connectivity index (χ3n) is 4.93. The van der Waals surface area contributed by atoms with E-state index in [-0.39, 0.29) is 11.3 Å². The van der Waals surface area contributed by atoms with Crippen LogP contribution in [0.4, 0.5) is 0 Å². The summed E-state index contributed by atoms with van der Waals surface area (Å²) in [4.78, 5) is 12.4. The standard InChI is InChI=1S/C24H29NO2/c1-16-7-11-19(12-8-16)24(20-13-9-17(2)10-14-20)15-21(18(3)26)22(27-24)25-23(4,5)6/h7-14,25H,15H2,1-6H3. The van der Waals surface area contributed by atoms with E-state index < -0.39 is 5.60 Å². The lowest BCUT2D eigenvalue weighted by molar-refractivity contribution is -0.113. The van der Waals surface area contributed by atoms with E-state index in [1.165, 1.54) is 11.1 Å². The zero-order valence-corrected chi connectivity index (χ0v) is 17.1. The fourth-order valence-electron chi connectivity index (χ4n) is 3.46. The SMILES string of the molecule is CC(=O)C1=C(NC(C)(C)C)OC(c2ccc(C)cc2)(c2ccc(C)cc2)C1. The molecule has 2 aromatic carbocycles. The highest BCUT2D eigenvalue weighted by molar-refractivity contribution is 5.94. The van der Waals surface area contributed by atoms with Gasteiger partial charge in [-0.3, -0.25) is 4.79 Å². The van der Waals surface area contributed by atoms with Gasteiger partial charge in [0.2, 0.25) is 0 Å². The summed E-state index contributed by atoms with van der Waals surface area (Å²) in [5, 5.41) is 3.40. The normalized spacial score (nSPS) is 16.2. The number of benzene rings is 2. The van der Waals surface area contributed by atoms with Crippen molar-refractivity contribution in [3.63, 3.8) is 0 Å². The molecule has 0 bridgehead atoms. The molecule has 1 heterocycles. The van der Waals surface area contributed by atoms with E-state index in [4.69, 9.17) is 4.74 Å². The van der Waals surface area contributed by atoms with Gasteiger partial charge in [0.15, 0.2) is 17.3 Å². The van der Waals surface area contributed by atoms with Gasteiger partial charge in [-0.05, 0) is 41.5 Å². The molecule has 0 spiro atoms. The van der Waals surface area contributed by atoms with Gasteiger partial charge in [0.05, 0.1) is 5.57 Å². The van der Waals surface area contributed by atoms with Crippen LogP contribution in [-0.2, 0) is 15.1 Å². The zero-order chi connectivity index (χ0) is 19.8. The van der Waals surface area contributed by atoms with E-state index in [1.807, 2.05) is 0 Å². The average Bonchev–Trinajstić information content (AvgIpc) is 2.95. The number of carbonyl (C=O) groups is 1. The van der Waals surface area contributed by atoms with Gasteiger partial charge in [-0.25, -0.2) is 0 Å². The van der Waals surface area contributed by atoms with E-state index in [2.05, 4.69) is 88.5 Å². The highest BCUT2D eigenvalue weighted by Gasteiger charge is 2.46. The molecule has 142 valence electrons. The summed E-state index contributed by atoms with van der Waals surface area (Å²) in [6.07, 6.45) is 0.521. The first-order valence-corrected chi connectivity index (χ1v) is 9.46. The summed E-state index contributed by atoms with van der Waals surface area (Å²) in [6, 6.07) is 16.8. The van der Waals surface area contributed by atoms with Crippen molar-refractivity contribution >= 4 is 5.78 Å². The minimum absolute atomic E-state index is 0.0443. The summed E-state index contributed by atoms with van der Waals surface area (Å²) in [5.41, 5.74) is 4.32. The topological polar surface area (TPSA) is 38.3 Å². The summed E-state index contributed by atoms with van der Waals surface area (Å²) in [6.45, 7) is 12.0. The molecule has 3 rings (SSSR count). The quantitative estimate of drug-likeness (QED) is 0.816. The lowest BCUT2D eigenvalue weighted by Crippen LogP contribution is -2.37. The molecule has 27 heavy (non-hydrogen) atoms. The molecule has 3 nitrogen and oxygen atoms in total.